The van der Waals surface area contributed by atoms with Crippen molar-refractivity contribution < 1.29 is 0 Å². The van der Waals surface area contributed by atoms with Gasteiger partial charge in [0, 0.05) is 37.0 Å². The summed E-state index contributed by atoms with van der Waals surface area (Å²) in [7, 11) is 1.95. The zero-order valence-corrected chi connectivity index (χ0v) is 12.6. The Morgan fingerprint density at radius 3 is 2.40 bits per heavy atom. The predicted molar refractivity (Wildman–Crippen MR) is 80.8 cm³/mol. The van der Waals surface area contributed by atoms with Gasteiger partial charge in [-0.3, -0.25) is 4.68 Å². The summed E-state index contributed by atoms with van der Waals surface area (Å²) >= 11 is 0. The summed E-state index contributed by atoms with van der Waals surface area (Å²) in [4.78, 5) is 8.65. The fourth-order valence-electron chi connectivity index (χ4n) is 2.12. The van der Waals surface area contributed by atoms with E-state index in [2.05, 4.69) is 46.5 Å². The van der Waals surface area contributed by atoms with E-state index in [1.165, 1.54) is 5.56 Å². The Labute approximate surface area is 119 Å². The second-order valence-electron chi connectivity index (χ2n) is 4.67. The van der Waals surface area contributed by atoms with Gasteiger partial charge in [0.15, 0.2) is 0 Å². The van der Waals surface area contributed by atoms with Crippen molar-refractivity contribution in [3.8, 4) is 0 Å². The van der Waals surface area contributed by atoms with Gasteiger partial charge in [0.2, 0.25) is 0 Å². The highest BCUT2D eigenvalue weighted by Crippen LogP contribution is 2.21. The molecule has 2 heterocycles. The molecule has 2 aromatic rings. The monoisotopic (exact) mass is 274 g/mol. The maximum Gasteiger partial charge on any atom is 0.134 e. The summed E-state index contributed by atoms with van der Waals surface area (Å²) in [6.45, 7) is 7.81. The van der Waals surface area contributed by atoms with Gasteiger partial charge in [-0.1, -0.05) is 6.92 Å². The second-order valence-corrected chi connectivity index (χ2v) is 4.67. The molecule has 20 heavy (non-hydrogen) atoms. The van der Waals surface area contributed by atoms with Crippen molar-refractivity contribution in [1.82, 2.24) is 19.7 Å². The summed E-state index contributed by atoms with van der Waals surface area (Å²) in [6.07, 6.45) is 4.37. The average Bonchev–Trinajstić information content (AvgIpc) is 2.77. The molecule has 0 spiro atoms. The first kappa shape index (κ1) is 14.3. The molecule has 0 amide bonds. The molecule has 0 atom stereocenters. The first-order valence-corrected chi connectivity index (χ1v) is 6.96. The fourth-order valence-corrected chi connectivity index (χ4v) is 2.12. The molecule has 0 fully saturated rings. The van der Waals surface area contributed by atoms with Crippen molar-refractivity contribution >= 4 is 11.6 Å². The van der Waals surface area contributed by atoms with Crippen molar-refractivity contribution in [2.24, 2.45) is 7.05 Å². The molecule has 0 saturated carbocycles. The minimum atomic E-state index is 0.718. The quantitative estimate of drug-likeness (QED) is 0.844. The van der Waals surface area contributed by atoms with Crippen LogP contribution in [0.3, 0.4) is 0 Å². The van der Waals surface area contributed by atoms with Crippen molar-refractivity contribution in [2.45, 2.75) is 33.7 Å². The van der Waals surface area contributed by atoms with Crippen molar-refractivity contribution in [2.75, 3.05) is 17.2 Å². The molecular formula is C14H22N6. The van der Waals surface area contributed by atoms with E-state index in [1.807, 2.05) is 17.9 Å². The SMILES string of the molecule is CCNc1ncnc(NCc2cnn(C)c2C)c1CC. The van der Waals surface area contributed by atoms with Gasteiger partial charge < -0.3 is 10.6 Å². The number of hydrogen-bond acceptors (Lipinski definition) is 5. The number of aromatic nitrogens is 4. The van der Waals surface area contributed by atoms with E-state index in [1.54, 1.807) is 6.33 Å². The van der Waals surface area contributed by atoms with Crippen LogP contribution in [0, 0.1) is 6.92 Å². The molecule has 0 unspecified atom stereocenters. The molecule has 6 heteroatoms. The van der Waals surface area contributed by atoms with E-state index in [4.69, 9.17) is 0 Å². The predicted octanol–water partition coefficient (Wildman–Crippen LogP) is 2.12. The van der Waals surface area contributed by atoms with Crippen molar-refractivity contribution in [3.05, 3.63) is 29.3 Å². The summed E-state index contributed by atoms with van der Waals surface area (Å²) in [6, 6.07) is 0. The lowest BCUT2D eigenvalue weighted by Crippen LogP contribution is -2.10. The molecule has 2 N–H and O–H groups in total. The standard InChI is InChI=1S/C14H22N6/c1-5-12-13(15-6-2)17-9-18-14(12)16-7-11-8-19-20(4)10(11)3/h8-9H,5-7H2,1-4H3,(H2,15,16,17,18). The minimum Gasteiger partial charge on any atom is -0.370 e. The summed E-state index contributed by atoms with van der Waals surface area (Å²) in [5, 5.41) is 10.9. The van der Waals surface area contributed by atoms with Crippen LogP contribution in [-0.2, 0) is 20.0 Å². The summed E-state index contributed by atoms with van der Waals surface area (Å²) in [5.41, 5.74) is 3.46. The lowest BCUT2D eigenvalue weighted by atomic mass is 10.2. The van der Waals surface area contributed by atoms with E-state index in [-0.39, 0.29) is 0 Å². The van der Waals surface area contributed by atoms with Gasteiger partial charge in [-0.2, -0.15) is 5.10 Å². The van der Waals surface area contributed by atoms with E-state index < -0.39 is 0 Å². The molecule has 0 saturated heterocycles. The highest BCUT2D eigenvalue weighted by molar-refractivity contribution is 5.57. The first-order valence-electron chi connectivity index (χ1n) is 6.96. The zero-order valence-electron chi connectivity index (χ0n) is 12.6. The summed E-state index contributed by atoms with van der Waals surface area (Å²) < 4.78 is 1.88. The van der Waals surface area contributed by atoms with Crippen molar-refractivity contribution in [1.29, 1.82) is 0 Å². The highest BCUT2D eigenvalue weighted by atomic mass is 15.3. The Hall–Kier alpha value is -2.11. The number of anilines is 2. The van der Waals surface area contributed by atoms with Gasteiger partial charge >= 0.3 is 0 Å². The van der Waals surface area contributed by atoms with E-state index in [0.29, 0.717) is 0 Å². The molecule has 0 aliphatic carbocycles. The Morgan fingerprint density at radius 2 is 1.85 bits per heavy atom. The largest absolute Gasteiger partial charge is 0.370 e. The number of nitrogens with one attached hydrogen (secondary N) is 2. The van der Waals surface area contributed by atoms with E-state index in [0.717, 1.165) is 42.4 Å². The van der Waals surface area contributed by atoms with Crippen LogP contribution in [0.25, 0.3) is 0 Å². The van der Waals surface area contributed by atoms with E-state index >= 15 is 0 Å². The van der Waals surface area contributed by atoms with Crippen LogP contribution >= 0.6 is 0 Å². The Kier molecular flexibility index (Phi) is 4.55. The van der Waals surface area contributed by atoms with Gasteiger partial charge in [0.05, 0.1) is 6.20 Å². The van der Waals surface area contributed by atoms with Crippen LogP contribution in [0.4, 0.5) is 11.6 Å². The van der Waals surface area contributed by atoms with E-state index in [9.17, 15) is 0 Å². The number of nitrogens with zero attached hydrogens (tertiary/aromatic N) is 4. The molecule has 0 bridgehead atoms. The second kappa shape index (κ2) is 6.36. The van der Waals surface area contributed by atoms with Gasteiger partial charge in [-0.25, -0.2) is 9.97 Å². The molecule has 0 aromatic carbocycles. The molecule has 108 valence electrons. The third-order valence-electron chi connectivity index (χ3n) is 3.43. The van der Waals surface area contributed by atoms with Crippen LogP contribution in [0.15, 0.2) is 12.5 Å². The van der Waals surface area contributed by atoms with Crippen LogP contribution in [0.2, 0.25) is 0 Å². The molecule has 2 rings (SSSR count). The average molecular weight is 274 g/mol. The molecule has 0 aliphatic heterocycles. The van der Waals surface area contributed by atoms with Crippen LogP contribution in [0.5, 0.6) is 0 Å². The molecular weight excluding hydrogens is 252 g/mol. The van der Waals surface area contributed by atoms with Crippen LogP contribution in [0.1, 0.15) is 30.7 Å². The van der Waals surface area contributed by atoms with Gasteiger partial charge in [-0.15, -0.1) is 0 Å². The van der Waals surface area contributed by atoms with Gasteiger partial charge in [0.1, 0.15) is 18.0 Å². The van der Waals surface area contributed by atoms with Crippen molar-refractivity contribution in [3.63, 3.8) is 0 Å². The minimum absolute atomic E-state index is 0.718. The number of aryl methyl sites for hydroxylation is 1. The Balaban J connectivity index is 2.16. The first-order chi connectivity index (χ1) is 9.67. The number of rotatable bonds is 6. The molecule has 6 nitrogen and oxygen atoms in total. The molecule has 0 aliphatic rings. The zero-order chi connectivity index (χ0) is 14.5. The fraction of sp³-hybridized carbons (Fsp3) is 0.500. The van der Waals surface area contributed by atoms with Gasteiger partial charge in [0.25, 0.3) is 0 Å². The maximum atomic E-state index is 4.35. The lowest BCUT2D eigenvalue weighted by molar-refractivity contribution is 0.738. The topological polar surface area (TPSA) is 67.7 Å². The maximum absolute atomic E-state index is 4.35. The third kappa shape index (κ3) is 2.89. The Morgan fingerprint density at radius 1 is 1.15 bits per heavy atom. The van der Waals surface area contributed by atoms with Crippen LogP contribution in [-0.4, -0.2) is 26.3 Å². The molecule has 2 aromatic heterocycles. The highest BCUT2D eigenvalue weighted by Gasteiger charge is 2.10. The van der Waals surface area contributed by atoms with Gasteiger partial charge in [-0.05, 0) is 20.3 Å². The smallest absolute Gasteiger partial charge is 0.134 e. The lowest BCUT2D eigenvalue weighted by Gasteiger charge is -2.13. The van der Waals surface area contributed by atoms with Crippen LogP contribution < -0.4 is 10.6 Å². The summed E-state index contributed by atoms with van der Waals surface area (Å²) in [5.74, 6) is 1.80. The Bertz CT molecular complexity index is 575. The molecule has 0 radical (unpaired) electrons. The third-order valence-corrected chi connectivity index (χ3v) is 3.43. The number of hydrogen-bond donors (Lipinski definition) is 2. The normalized spacial score (nSPS) is 10.6.